The molecular weight excluding hydrogens is 278 g/mol. The number of nitro benzene ring substituents is 1. The van der Waals surface area contributed by atoms with Crippen molar-refractivity contribution in [3.05, 3.63) is 75.8 Å². The molecule has 22 heavy (non-hydrogen) atoms. The van der Waals surface area contributed by atoms with Crippen LogP contribution in [0.2, 0.25) is 0 Å². The van der Waals surface area contributed by atoms with Crippen LogP contribution in [0.1, 0.15) is 17.0 Å². The number of nitro groups is 1. The lowest BCUT2D eigenvalue weighted by Gasteiger charge is -2.18. The lowest BCUT2D eigenvalue weighted by Crippen LogP contribution is -2.13. The van der Waals surface area contributed by atoms with Gasteiger partial charge in [0.2, 0.25) is 0 Å². The number of nitriles is 2. The first-order valence-corrected chi connectivity index (χ1v) is 6.73. The maximum atomic E-state index is 10.7. The van der Waals surface area contributed by atoms with E-state index >= 15 is 0 Å². The van der Waals surface area contributed by atoms with Crippen LogP contribution in [0, 0.1) is 38.7 Å². The van der Waals surface area contributed by atoms with Gasteiger partial charge in [-0.3, -0.25) is 10.1 Å². The fraction of sp³-hybridized carbons (Fsp3) is 0.176. The second-order valence-corrected chi connectivity index (χ2v) is 4.88. The Kier molecular flexibility index (Phi) is 4.85. The van der Waals surface area contributed by atoms with Gasteiger partial charge in [0.05, 0.1) is 17.1 Å². The summed E-state index contributed by atoms with van der Waals surface area (Å²) < 4.78 is 0. The van der Waals surface area contributed by atoms with E-state index in [4.69, 9.17) is 0 Å². The molecule has 0 aliphatic heterocycles. The zero-order valence-electron chi connectivity index (χ0n) is 11.7. The van der Waals surface area contributed by atoms with E-state index in [0.717, 1.165) is 11.1 Å². The summed E-state index contributed by atoms with van der Waals surface area (Å²) in [7, 11) is 0. The number of rotatable bonds is 5. The van der Waals surface area contributed by atoms with Crippen LogP contribution >= 0.6 is 0 Å². The monoisotopic (exact) mass is 291 g/mol. The van der Waals surface area contributed by atoms with Gasteiger partial charge in [0.1, 0.15) is 5.92 Å². The highest BCUT2D eigenvalue weighted by atomic mass is 16.6. The van der Waals surface area contributed by atoms with E-state index in [1.54, 1.807) is 12.1 Å². The molecule has 0 fully saturated rings. The third kappa shape index (κ3) is 3.47. The standard InChI is InChI=1S/C17H13N3O2/c18-11-15(12-19)17(10-13-4-2-1-3-5-13)14-6-8-16(9-7-14)20(21)22/h1-9,15,17H,10H2. The minimum atomic E-state index is -0.804. The molecule has 0 aliphatic rings. The van der Waals surface area contributed by atoms with Crippen LogP contribution in [0.5, 0.6) is 0 Å². The highest BCUT2D eigenvalue weighted by Gasteiger charge is 2.24. The summed E-state index contributed by atoms with van der Waals surface area (Å²) in [5.74, 6) is -1.13. The van der Waals surface area contributed by atoms with Gasteiger partial charge < -0.3 is 0 Å². The number of nitrogens with zero attached hydrogens (tertiary/aromatic N) is 3. The Labute approximate surface area is 128 Å². The number of hydrogen-bond donors (Lipinski definition) is 0. The average molecular weight is 291 g/mol. The van der Waals surface area contributed by atoms with Crippen molar-refractivity contribution in [2.24, 2.45) is 5.92 Å². The summed E-state index contributed by atoms with van der Waals surface area (Å²) in [6.07, 6.45) is 0.532. The van der Waals surface area contributed by atoms with E-state index < -0.39 is 10.8 Å². The molecule has 5 nitrogen and oxygen atoms in total. The van der Waals surface area contributed by atoms with Crippen LogP contribution in [0.25, 0.3) is 0 Å². The second-order valence-electron chi connectivity index (χ2n) is 4.88. The van der Waals surface area contributed by atoms with Crippen LogP contribution in [-0.4, -0.2) is 4.92 Å². The molecule has 0 aromatic heterocycles. The highest BCUT2D eigenvalue weighted by molar-refractivity contribution is 5.37. The Hall–Kier alpha value is -3.18. The minimum Gasteiger partial charge on any atom is -0.258 e. The van der Waals surface area contributed by atoms with Crippen LogP contribution in [0.15, 0.2) is 54.6 Å². The Morgan fingerprint density at radius 1 is 1.00 bits per heavy atom. The maximum absolute atomic E-state index is 10.7. The Morgan fingerprint density at radius 3 is 2.09 bits per heavy atom. The number of benzene rings is 2. The van der Waals surface area contributed by atoms with E-state index in [9.17, 15) is 20.6 Å². The molecule has 0 aliphatic carbocycles. The minimum absolute atomic E-state index is 0.00678. The molecule has 1 atom stereocenters. The first kappa shape index (κ1) is 15.2. The quantitative estimate of drug-likeness (QED) is 0.621. The van der Waals surface area contributed by atoms with E-state index in [2.05, 4.69) is 0 Å². The van der Waals surface area contributed by atoms with Crippen molar-refractivity contribution in [2.45, 2.75) is 12.3 Å². The van der Waals surface area contributed by atoms with Gasteiger partial charge in [-0.2, -0.15) is 10.5 Å². The predicted octanol–water partition coefficient (Wildman–Crippen LogP) is 3.58. The second kappa shape index (κ2) is 7.01. The van der Waals surface area contributed by atoms with Crippen molar-refractivity contribution < 1.29 is 4.92 Å². The van der Waals surface area contributed by atoms with E-state index in [-0.39, 0.29) is 11.6 Å². The van der Waals surface area contributed by atoms with Gasteiger partial charge in [-0.25, -0.2) is 0 Å². The summed E-state index contributed by atoms with van der Waals surface area (Å²) in [6, 6.07) is 19.6. The van der Waals surface area contributed by atoms with Crippen molar-refractivity contribution in [3.63, 3.8) is 0 Å². The molecule has 2 rings (SSSR count). The number of hydrogen-bond acceptors (Lipinski definition) is 4. The smallest absolute Gasteiger partial charge is 0.258 e. The Morgan fingerprint density at radius 2 is 1.59 bits per heavy atom. The Bertz CT molecular complexity index is 713. The van der Waals surface area contributed by atoms with Crippen LogP contribution in [0.3, 0.4) is 0 Å². The lowest BCUT2D eigenvalue weighted by atomic mass is 9.83. The molecular formula is C17H13N3O2. The third-order valence-corrected chi connectivity index (χ3v) is 3.51. The number of non-ortho nitro benzene ring substituents is 1. The van der Waals surface area contributed by atoms with Crippen molar-refractivity contribution in [3.8, 4) is 12.1 Å². The van der Waals surface area contributed by atoms with Gasteiger partial charge >= 0.3 is 0 Å². The normalized spacial score (nSPS) is 11.4. The molecule has 5 heteroatoms. The molecule has 0 saturated carbocycles. The van der Waals surface area contributed by atoms with Crippen LogP contribution in [-0.2, 0) is 6.42 Å². The predicted molar refractivity (Wildman–Crippen MR) is 80.7 cm³/mol. The summed E-state index contributed by atoms with van der Waals surface area (Å²) in [5, 5.41) is 29.1. The molecule has 0 saturated heterocycles. The SMILES string of the molecule is N#CC(C#N)C(Cc1ccccc1)c1ccc([N+](=O)[O-])cc1. The van der Waals surface area contributed by atoms with E-state index in [1.807, 2.05) is 42.5 Å². The molecule has 0 spiro atoms. The molecule has 2 aromatic carbocycles. The molecule has 0 heterocycles. The fourth-order valence-corrected chi connectivity index (χ4v) is 2.35. The van der Waals surface area contributed by atoms with Gasteiger partial charge in [-0.15, -0.1) is 0 Å². The van der Waals surface area contributed by atoms with Crippen molar-refractivity contribution >= 4 is 5.69 Å². The van der Waals surface area contributed by atoms with Crippen LogP contribution in [0.4, 0.5) is 5.69 Å². The molecule has 0 radical (unpaired) electrons. The molecule has 0 bridgehead atoms. The average Bonchev–Trinajstić information content (AvgIpc) is 2.56. The third-order valence-electron chi connectivity index (χ3n) is 3.51. The Balaban J connectivity index is 2.34. The largest absolute Gasteiger partial charge is 0.269 e. The molecule has 2 aromatic rings. The molecule has 1 unspecified atom stereocenters. The first-order chi connectivity index (χ1) is 10.7. The summed E-state index contributed by atoms with van der Waals surface area (Å²) >= 11 is 0. The van der Waals surface area contributed by atoms with Crippen molar-refractivity contribution in [1.82, 2.24) is 0 Å². The van der Waals surface area contributed by atoms with Gasteiger partial charge in [0.15, 0.2) is 0 Å². The highest BCUT2D eigenvalue weighted by Crippen LogP contribution is 2.29. The van der Waals surface area contributed by atoms with Gasteiger partial charge in [-0.1, -0.05) is 42.5 Å². The summed E-state index contributed by atoms with van der Waals surface area (Å²) in [5.41, 5.74) is 1.76. The molecule has 0 N–H and O–H groups in total. The molecule has 108 valence electrons. The topological polar surface area (TPSA) is 90.7 Å². The van der Waals surface area contributed by atoms with Crippen LogP contribution < -0.4 is 0 Å². The zero-order valence-corrected chi connectivity index (χ0v) is 11.7. The first-order valence-electron chi connectivity index (χ1n) is 6.73. The van der Waals surface area contributed by atoms with E-state index in [0.29, 0.717) is 6.42 Å². The van der Waals surface area contributed by atoms with E-state index in [1.165, 1.54) is 12.1 Å². The zero-order chi connectivity index (χ0) is 15.9. The maximum Gasteiger partial charge on any atom is 0.269 e. The van der Waals surface area contributed by atoms with Crippen molar-refractivity contribution in [1.29, 1.82) is 10.5 Å². The summed E-state index contributed by atoms with van der Waals surface area (Å²) in [4.78, 5) is 10.3. The fourth-order valence-electron chi connectivity index (χ4n) is 2.35. The molecule has 0 amide bonds. The van der Waals surface area contributed by atoms with Crippen molar-refractivity contribution in [2.75, 3.05) is 0 Å². The van der Waals surface area contributed by atoms with Gasteiger partial charge in [-0.05, 0) is 17.5 Å². The van der Waals surface area contributed by atoms with Gasteiger partial charge in [0.25, 0.3) is 5.69 Å². The van der Waals surface area contributed by atoms with Gasteiger partial charge in [0, 0.05) is 18.1 Å². The summed E-state index contributed by atoms with van der Waals surface area (Å²) in [6.45, 7) is 0. The lowest BCUT2D eigenvalue weighted by molar-refractivity contribution is -0.384.